The molecule has 5 rings (SSSR count). The zero-order valence-corrected chi connectivity index (χ0v) is 19.6. The van der Waals surface area contributed by atoms with E-state index in [1.54, 1.807) is 18.5 Å². The quantitative estimate of drug-likeness (QED) is 0.574. The molecule has 3 aromatic rings. The number of pyridine rings is 2. The first kappa shape index (κ1) is 22.8. The summed E-state index contributed by atoms with van der Waals surface area (Å²) in [7, 11) is 0. The van der Waals surface area contributed by atoms with Crippen LogP contribution in [0.25, 0.3) is 22.2 Å². The van der Waals surface area contributed by atoms with Crippen LogP contribution in [0.15, 0.2) is 30.7 Å². The van der Waals surface area contributed by atoms with E-state index in [-0.39, 0.29) is 11.8 Å². The summed E-state index contributed by atoms with van der Waals surface area (Å²) in [5.74, 6) is 0.863. The summed E-state index contributed by atoms with van der Waals surface area (Å²) in [4.78, 5) is 21.6. The molecular formula is C25H27ClN6O2. The van der Waals surface area contributed by atoms with Crippen LogP contribution in [0, 0.1) is 23.2 Å². The summed E-state index contributed by atoms with van der Waals surface area (Å²) in [5.41, 5.74) is 3.68. The van der Waals surface area contributed by atoms with Crippen LogP contribution >= 0.6 is 11.6 Å². The Balaban J connectivity index is 1.45. The van der Waals surface area contributed by atoms with E-state index in [1.165, 1.54) is 0 Å². The molecule has 2 saturated heterocycles. The number of amides is 1. The number of fused-ring (bicyclic) bond motifs is 1. The number of aromatic nitrogens is 3. The number of nitriles is 1. The molecule has 0 bridgehead atoms. The largest absolute Gasteiger partial charge is 0.381 e. The van der Waals surface area contributed by atoms with E-state index in [2.05, 4.69) is 31.2 Å². The molecule has 9 heteroatoms. The lowest BCUT2D eigenvalue weighted by Crippen LogP contribution is -2.37. The van der Waals surface area contributed by atoms with Crippen molar-refractivity contribution in [2.45, 2.75) is 32.2 Å². The third-order valence-corrected chi connectivity index (χ3v) is 7.02. The van der Waals surface area contributed by atoms with E-state index >= 15 is 0 Å². The number of piperidine rings is 1. The molecule has 8 nitrogen and oxygen atoms in total. The number of rotatable bonds is 5. The maximum atomic E-state index is 12.7. The Morgan fingerprint density at radius 2 is 2.12 bits per heavy atom. The van der Waals surface area contributed by atoms with Crippen molar-refractivity contribution < 1.29 is 9.53 Å². The summed E-state index contributed by atoms with van der Waals surface area (Å²) in [5, 5.41) is 16.3. The fourth-order valence-electron chi connectivity index (χ4n) is 4.79. The Kier molecular flexibility index (Phi) is 6.77. The van der Waals surface area contributed by atoms with Crippen molar-refractivity contribution in [2.75, 3.05) is 31.6 Å². The van der Waals surface area contributed by atoms with Gasteiger partial charge in [-0.15, -0.1) is 0 Å². The minimum absolute atomic E-state index is 0.0365. The van der Waals surface area contributed by atoms with Crippen molar-refractivity contribution in [1.29, 1.82) is 5.26 Å². The van der Waals surface area contributed by atoms with Crippen molar-refractivity contribution in [1.82, 2.24) is 19.9 Å². The predicted octanol–water partition coefficient (Wildman–Crippen LogP) is 3.99. The molecule has 2 aliphatic heterocycles. The Hall–Kier alpha value is -2.99. The van der Waals surface area contributed by atoms with Crippen LogP contribution in [0.1, 0.15) is 31.2 Å². The lowest BCUT2D eigenvalue weighted by Gasteiger charge is -2.22. The van der Waals surface area contributed by atoms with Gasteiger partial charge in [0.1, 0.15) is 17.4 Å². The maximum Gasteiger partial charge on any atom is 0.229 e. The van der Waals surface area contributed by atoms with Crippen molar-refractivity contribution in [2.24, 2.45) is 11.8 Å². The highest BCUT2D eigenvalue weighted by molar-refractivity contribution is 6.33. The van der Waals surface area contributed by atoms with E-state index in [1.807, 2.05) is 12.3 Å². The number of nitrogens with zero attached hydrogens (tertiary/aromatic N) is 4. The van der Waals surface area contributed by atoms with Gasteiger partial charge in [0.2, 0.25) is 5.91 Å². The van der Waals surface area contributed by atoms with E-state index in [0.717, 1.165) is 68.6 Å². The molecule has 2 aliphatic rings. The third kappa shape index (κ3) is 4.78. The van der Waals surface area contributed by atoms with Gasteiger partial charge in [0.05, 0.1) is 22.0 Å². The minimum Gasteiger partial charge on any atom is -0.381 e. The van der Waals surface area contributed by atoms with Gasteiger partial charge in [-0.2, -0.15) is 5.26 Å². The Morgan fingerprint density at radius 3 is 2.88 bits per heavy atom. The highest BCUT2D eigenvalue weighted by atomic mass is 35.5. The van der Waals surface area contributed by atoms with E-state index in [9.17, 15) is 10.1 Å². The first-order valence-corrected chi connectivity index (χ1v) is 12.1. The van der Waals surface area contributed by atoms with Gasteiger partial charge in [-0.3, -0.25) is 9.78 Å². The van der Waals surface area contributed by atoms with Crippen molar-refractivity contribution in [3.05, 3.63) is 41.3 Å². The zero-order valence-electron chi connectivity index (χ0n) is 18.9. The summed E-state index contributed by atoms with van der Waals surface area (Å²) < 4.78 is 7.61. The van der Waals surface area contributed by atoms with Gasteiger partial charge in [0, 0.05) is 56.0 Å². The number of nitrogens with one attached hydrogen (secondary N) is 2. The van der Waals surface area contributed by atoms with E-state index < -0.39 is 0 Å². The van der Waals surface area contributed by atoms with Gasteiger partial charge in [0.15, 0.2) is 0 Å². The summed E-state index contributed by atoms with van der Waals surface area (Å²) in [6.07, 6.45) is 9.02. The highest BCUT2D eigenvalue weighted by Gasteiger charge is 2.22. The van der Waals surface area contributed by atoms with E-state index in [0.29, 0.717) is 34.4 Å². The molecular weight excluding hydrogens is 452 g/mol. The monoisotopic (exact) mass is 478 g/mol. The van der Waals surface area contributed by atoms with Gasteiger partial charge in [-0.05, 0) is 50.3 Å². The predicted molar refractivity (Wildman–Crippen MR) is 130 cm³/mol. The van der Waals surface area contributed by atoms with Crippen molar-refractivity contribution in [3.8, 4) is 17.2 Å². The van der Waals surface area contributed by atoms with Crippen molar-refractivity contribution >= 4 is 34.4 Å². The minimum atomic E-state index is -0.0643. The van der Waals surface area contributed by atoms with Crippen LogP contribution in [-0.2, 0) is 16.1 Å². The molecule has 3 aromatic heterocycles. The Bertz CT molecular complexity index is 1240. The number of halogens is 1. The Morgan fingerprint density at radius 1 is 1.26 bits per heavy atom. The van der Waals surface area contributed by atoms with Gasteiger partial charge < -0.3 is 19.9 Å². The topological polar surface area (TPSA) is 105 Å². The molecule has 1 atom stereocenters. The first-order valence-electron chi connectivity index (χ1n) is 11.8. The normalized spacial score (nSPS) is 19.1. The maximum absolute atomic E-state index is 12.7. The van der Waals surface area contributed by atoms with Crippen LogP contribution in [0.3, 0.4) is 0 Å². The molecule has 0 saturated carbocycles. The second-order valence-corrected chi connectivity index (χ2v) is 9.44. The van der Waals surface area contributed by atoms with Crippen molar-refractivity contribution in [3.63, 3.8) is 0 Å². The molecule has 0 spiro atoms. The summed E-state index contributed by atoms with van der Waals surface area (Å²) in [6.45, 7) is 3.99. The van der Waals surface area contributed by atoms with Gasteiger partial charge in [-0.1, -0.05) is 11.6 Å². The highest BCUT2D eigenvalue weighted by Crippen LogP contribution is 2.32. The summed E-state index contributed by atoms with van der Waals surface area (Å²) >= 11 is 6.51. The van der Waals surface area contributed by atoms with Crippen LogP contribution in [0.4, 0.5) is 5.82 Å². The molecule has 2 N–H and O–H groups in total. The number of hydrogen-bond donors (Lipinski definition) is 2. The van der Waals surface area contributed by atoms with Crippen LogP contribution in [-0.4, -0.2) is 46.7 Å². The molecule has 5 heterocycles. The average molecular weight is 479 g/mol. The SMILES string of the molecule is N#Cc1cn(CC2CCOCC2)c2cc(-c3cc(NC(=O)C4CCCNC4)ncc3Cl)cnc12. The van der Waals surface area contributed by atoms with E-state index in [4.69, 9.17) is 16.3 Å². The molecule has 0 aliphatic carbocycles. The molecule has 0 radical (unpaired) electrons. The zero-order chi connectivity index (χ0) is 23.5. The van der Waals surface area contributed by atoms with Crippen LogP contribution < -0.4 is 10.6 Å². The molecule has 0 aromatic carbocycles. The van der Waals surface area contributed by atoms with Gasteiger partial charge in [0.25, 0.3) is 0 Å². The smallest absolute Gasteiger partial charge is 0.229 e. The molecule has 176 valence electrons. The standard InChI is InChI=1S/C25H27ClN6O2/c26-21-13-29-23(31-25(33)17-2-1-5-28-11-17)9-20(21)18-8-22-24(30-12-18)19(10-27)15-32(22)14-16-3-6-34-7-4-16/h8-9,12-13,15-17,28H,1-7,11,14H2,(H,29,31,33). The van der Waals surface area contributed by atoms with Crippen LogP contribution in [0.5, 0.6) is 0 Å². The van der Waals surface area contributed by atoms with Gasteiger partial charge >= 0.3 is 0 Å². The second-order valence-electron chi connectivity index (χ2n) is 9.04. The first-order chi connectivity index (χ1) is 16.6. The van der Waals surface area contributed by atoms with Gasteiger partial charge in [-0.25, -0.2) is 4.98 Å². The number of anilines is 1. The molecule has 1 unspecified atom stereocenters. The number of ether oxygens (including phenoxy) is 1. The third-order valence-electron chi connectivity index (χ3n) is 6.72. The molecule has 2 fully saturated rings. The Labute approximate surface area is 203 Å². The number of carbonyl (C=O) groups is 1. The number of carbonyl (C=O) groups excluding carboxylic acids is 1. The fraction of sp³-hybridized carbons (Fsp3) is 0.440. The number of hydrogen-bond acceptors (Lipinski definition) is 6. The molecule has 34 heavy (non-hydrogen) atoms. The van der Waals surface area contributed by atoms with Crippen LogP contribution in [0.2, 0.25) is 5.02 Å². The molecule has 1 amide bonds. The average Bonchev–Trinajstić information content (AvgIpc) is 3.23. The lowest BCUT2D eigenvalue weighted by molar-refractivity contribution is -0.120. The second kappa shape index (κ2) is 10.1. The fourth-order valence-corrected chi connectivity index (χ4v) is 5.00. The lowest BCUT2D eigenvalue weighted by atomic mass is 9.99. The summed E-state index contributed by atoms with van der Waals surface area (Å²) in [6, 6.07) is 6.07.